The van der Waals surface area contributed by atoms with Gasteiger partial charge in [0.2, 0.25) is 5.30 Å². The highest BCUT2D eigenvalue weighted by Crippen LogP contribution is 2.35. The van der Waals surface area contributed by atoms with Crippen molar-refractivity contribution in [2.75, 3.05) is 0 Å². The molecule has 30 heavy (non-hydrogen) atoms. The first-order chi connectivity index (χ1) is 14.2. The SMILES string of the molecule is Cc1cccc(C)c1C(=O)[P+](=O)c1c(C)c(C)c(C(=O)c2ccccc2)c(C)c1C. The van der Waals surface area contributed by atoms with Crippen molar-refractivity contribution in [1.82, 2.24) is 0 Å². The minimum atomic E-state index is -2.31. The molecule has 0 bridgehead atoms. The van der Waals surface area contributed by atoms with E-state index in [0.29, 0.717) is 22.0 Å². The standard InChI is InChI=1S/C26H26O3P/c1-15-11-10-12-16(2)22(15)26(28)30(29)25-19(5)17(3)23(18(4)20(25)6)24(27)21-13-8-7-9-14-21/h7-14H,1-6H3/q+1. The summed E-state index contributed by atoms with van der Waals surface area (Å²) in [6.45, 7) is 11.2. The minimum Gasteiger partial charge on any atom is -0.289 e. The minimum absolute atomic E-state index is 0.0559. The van der Waals surface area contributed by atoms with E-state index in [9.17, 15) is 14.2 Å². The van der Waals surface area contributed by atoms with Gasteiger partial charge in [-0.15, -0.1) is 0 Å². The van der Waals surface area contributed by atoms with Crippen LogP contribution < -0.4 is 5.30 Å². The first kappa shape index (κ1) is 21.8. The lowest BCUT2D eigenvalue weighted by molar-refractivity contribution is 0.103. The van der Waals surface area contributed by atoms with Gasteiger partial charge in [0.25, 0.3) is 0 Å². The zero-order chi connectivity index (χ0) is 22.2. The summed E-state index contributed by atoms with van der Waals surface area (Å²) >= 11 is 0. The zero-order valence-corrected chi connectivity index (χ0v) is 19.2. The zero-order valence-electron chi connectivity index (χ0n) is 18.3. The van der Waals surface area contributed by atoms with Gasteiger partial charge in [0.05, 0.1) is 5.56 Å². The Morgan fingerprint density at radius 3 is 1.63 bits per heavy atom. The van der Waals surface area contributed by atoms with Crippen LogP contribution in [0.25, 0.3) is 0 Å². The van der Waals surface area contributed by atoms with Crippen molar-refractivity contribution in [3.05, 3.63) is 98.6 Å². The molecule has 4 heteroatoms. The Labute approximate surface area is 178 Å². The predicted molar refractivity (Wildman–Crippen MR) is 123 cm³/mol. The summed E-state index contributed by atoms with van der Waals surface area (Å²) in [7, 11) is -2.31. The maximum absolute atomic E-state index is 13.5. The van der Waals surface area contributed by atoms with E-state index in [-0.39, 0.29) is 11.3 Å². The van der Waals surface area contributed by atoms with Crippen LogP contribution in [-0.4, -0.2) is 11.3 Å². The summed E-state index contributed by atoms with van der Waals surface area (Å²) in [5, 5.41) is 0.553. The molecule has 0 aliphatic carbocycles. The number of carbonyl (C=O) groups excluding carboxylic acids is 2. The number of ketones is 1. The second-order valence-corrected chi connectivity index (χ2v) is 9.23. The van der Waals surface area contributed by atoms with Crippen molar-refractivity contribution < 1.29 is 14.2 Å². The quantitative estimate of drug-likeness (QED) is 0.374. The number of hydrogen-bond donors (Lipinski definition) is 0. The van der Waals surface area contributed by atoms with Gasteiger partial charge in [0.1, 0.15) is 0 Å². The molecule has 0 aliphatic heterocycles. The van der Waals surface area contributed by atoms with E-state index < -0.39 is 7.80 Å². The Hall–Kier alpha value is -2.90. The van der Waals surface area contributed by atoms with Crippen LogP contribution in [0.4, 0.5) is 0 Å². The van der Waals surface area contributed by atoms with E-state index >= 15 is 0 Å². The summed E-state index contributed by atoms with van der Waals surface area (Å²) in [6, 6.07) is 14.8. The average molecular weight is 417 g/mol. The lowest BCUT2D eigenvalue weighted by Gasteiger charge is -2.15. The molecule has 0 aromatic heterocycles. The Kier molecular flexibility index (Phi) is 6.14. The van der Waals surface area contributed by atoms with Crippen molar-refractivity contribution in [1.29, 1.82) is 0 Å². The Morgan fingerprint density at radius 1 is 0.633 bits per heavy atom. The molecule has 3 aromatic rings. The van der Waals surface area contributed by atoms with Gasteiger partial charge in [-0.25, -0.2) is 4.79 Å². The van der Waals surface area contributed by atoms with Crippen LogP contribution in [0.15, 0.2) is 48.5 Å². The van der Waals surface area contributed by atoms with Crippen LogP contribution in [0.1, 0.15) is 59.7 Å². The second kappa shape index (κ2) is 8.45. The second-order valence-electron chi connectivity index (χ2n) is 7.79. The third-order valence-electron chi connectivity index (χ3n) is 5.93. The Morgan fingerprint density at radius 2 is 1.13 bits per heavy atom. The molecule has 0 saturated carbocycles. The molecule has 3 nitrogen and oxygen atoms in total. The highest BCUT2D eigenvalue weighted by molar-refractivity contribution is 7.71. The van der Waals surface area contributed by atoms with Crippen molar-refractivity contribution >= 4 is 24.4 Å². The molecule has 0 N–H and O–H groups in total. The molecule has 0 amide bonds. The van der Waals surface area contributed by atoms with Crippen LogP contribution in [0.5, 0.6) is 0 Å². The van der Waals surface area contributed by atoms with Crippen molar-refractivity contribution in [3.8, 4) is 0 Å². The number of carbonyl (C=O) groups is 2. The largest absolute Gasteiger partial charge is 0.459 e. The number of hydrogen-bond acceptors (Lipinski definition) is 3. The molecular weight excluding hydrogens is 391 g/mol. The molecule has 3 rings (SSSR count). The molecule has 0 fully saturated rings. The van der Waals surface area contributed by atoms with Gasteiger partial charge in [0.15, 0.2) is 5.78 Å². The smallest absolute Gasteiger partial charge is 0.289 e. The highest BCUT2D eigenvalue weighted by Gasteiger charge is 2.39. The molecule has 0 heterocycles. The highest BCUT2D eigenvalue weighted by atomic mass is 31.1. The van der Waals surface area contributed by atoms with Crippen LogP contribution in [0, 0.1) is 41.5 Å². The fraction of sp³-hybridized carbons (Fsp3) is 0.231. The van der Waals surface area contributed by atoms with Crippen molar-refractivity contribution in [2.45, 2.75) is 41.5 Å². The van der Waals surface area contributed by atoms with E-state index in [0.717, 1.165) is 33.4 Å². The molecule has 3 aromatic carbocycles. The molecule has 0 radical (unpaired) electrons. The first-order valence-electron chi connectivity index (χ1n) is 9.94. The van der Waals surface area contributed by atoms with Gasteiger partial charge >= 0.3 is 13.3 Å². The van der Waals surface area contributed by atoms with Gasteiger partial charge in [0, 0.05) is 22.3 Å². The molecule has 152 valence electrons. The molecule has 0 spiro atoms. The topological polar surface area (TPSA) is 51.2 Å². The summed E-state index contributed by atoms with van der Waals surface area (Å²) in [6.07, 6.45) is 0. The fourth-order valence-corrected chi connectivity index (χ4v) is 5.73. The molecule has 0 saturated heterocycles. The van der Waals surface area contributed by atoms with Gasteiger partial charge in [-0.05, 0) is 63.8 Å². The fourth-order valence-electron chi connectivity index (χ4n) is 4.03. The Bertz CT molecular complexity index is 1140. The van der Waals surface area contributed by atoms with Crippen LogP contribution in [0.2, 0.25) is 0 Å². The van der Waals surface area contributed by atoms with Gasteiger partial charge in [-0.1, -0.05) is 53.1 Å². The monoisotopic (exact) mass is 417 g/mol. The summed E-state index contributed by atoms with van der Waals surface area (Å²) in [4.78, 5) is 26.4. The predicted octanol–water partition coefficient (Wildman–Crippen LogP) is 6.06. The lowest BCUT2D eigenvalue weighted by atomic mass is 9.89. The van der Waals surface area contributed by atoms with E-state index in [1.807, 2.05) is 77.9 Å². The van der Waals surface area contributed by atoms with E-state index in [1.54, 1.807) is 12.1 Å². The van der Waals surface area contributed by atoms with Crippen LogP contribution in [-0.2, 0) is 4.57 Å². The molecular formula is C26H26O3P+. The van der Waals surface area contributed by atoms with Crippen molar-refractivity contribution in [3.63, 3.8) is 0 Å². The Balaban J connectivity index is 2.15. The molecule has 0 aliphatic rings. The summed E-state index contributed by atoms with van der Waals surface area (Å²) in [5.41, 5.74) is 6.11. The van der Waals surface area contributed by atoms with Crippen molar-refractivity contribution in [2.24, 2.45) is 0 Å². The lowest BCUT2D eigenvalue weighted by Crippen LogP contribution is -2.20. The van der Waals surface area contributed by atoms with E-state index in [1.165, 1.54) is 0 Å². The van der Waals surface area contributed by atoms with Crippen LogP contribution >= 0.6 is 7.80 Å². The number of rotatable bonds is 5. The van der Waals surface area contributed by atoms with E-state index in [2.05, 4.69) is 0 Å². The molecule has 1 unspecified atom stereocenters. The average Bonchev–Trinajstić information content (AvgIpc) is 2.72. The number of aryl methyl sites for hydroxylation is 2. The summed E-state index contributed by atoms with van der Waals surface area (Å²) < 4.78 is 13.5. The van der Waals surface area contributed by atoms with Gasteiger partial charge < -0.3 is 0 Å². The normalized spacial score (nSPS) is 11.3. The van der Waals surface area contributed by atoms with Gasteiger partial charge in [-0.3, -0.25) is 4.79 Å². The molecule has 1 atom stereocenters. The number of benzene rings is 3. The van der Waals surface area contributed by atoms with Gasteiger partial charge in [-0.2, -0.15) is 0 Å². The maximum Gasteiger partial charge on any atom is 0.459 e. The first-order valence-corrected chi connectivity index (χ1v) is 11.2. The maximum atomic E-state index is 13.5. The third kappa shape index (κ3) is 3.66. The summed E-state index contributed by atoms with van der Waals surface area (Å²) in [5.74, 6) is -0.0559. The van der Waals surface area contributed by atoms with Crippen LogP contribution in [0.3, 0.4) is 0 Å². The van der Waals surface area contributed by atoms with E-state index in [4.69, 9.17) is 0 Å². The third-order valence-corrected chi connectivity index (χ3v) is 7.60.